The molecule has 142 valence electrons. The molecule has 2 rings (SSSR count). The molecule has 26 heavy (non-hydrogen) atoms. The van der Waals surface area contributed by atoms with Crippen LogP contribution in [0.2, 0.25) is 0 Å². The van der Waals surface area contributed by atoms with Gasteiger partial charge in [0, 0.05) is 11.3 Å². The summed E-state index contributed by atoms with van der Waals surface area (Å²) in [7, 11) is 3.08. The van der Waals surface area contributed by atoms with Gasteiger partial charge in [0.1, 0.15) is 17.4 Å². The summed E-state index contributed by atoms with van der Waals surface area (Å²) in [6, 6.07) is 4.12. The Balaban J connectivity index is 2.31. The van der Waals surface area contributed by atoms with Crippen molar-refractivity contribution in [3.63, 3.8) is 0 Å². The molecule has 1 aromatic rings. The Hall–Kier alpha value is -2.70. The predicted molar refractivity (Wildman–Crippen MR) is 97.1 cm³/mol. The molecule has 0 radical (unpaired) electrons. The van der Waals surface area contributed by atoms with Crippen LogP contribution in [0.15, 0.2) is 30.5 Å². The molecule has 0 aromatic heterocycles. The van der Waals surface area contributed by atoms with Crippen molar-refractivity contribution in [3.8, 4) is 11.5 Å². The number of carbonyl (C=O) groups excluding carboxylic acids is 2. The molecule has 0 unspecified atom stereocenters. The number of esters is 1. The van der Waals surface area contributed by atoms with Crippen LogP contribution < -0.4 is 20.1 Å². The van der Waals surface area contributed by atoms with Gasteiger partial charge in [-0.15, -0.1) is 0 Å². The number of benzene rings is 1. The first-order chi connectivity index (χ1) is 12.5. The van der Waals surface area contributed by atoms with E-state index in [9.17, 15) is 9.59 Å². The minimum atomic E-state index is -0.768. The molecule has 7 heteroatoms. The Morgan fingerprint density at radius 2 is 2.00 bits per heavy atom. The number of hydrogen-bond donors (Lipinski definition) is 2. The molecular formula is C19H26N2O5. The first-order valence-electron chi connectivity index (χ1n) is 8.66. The maximum atomic E-state index is 12.7. The van der Waals surface area contributed by atoms with Crippen molar-refractivity contribution in [2.24, 2.45) is 5.92 Å². The molecule has 1 aliphatic heterocycles. The Morgan fingerprint density at radius 3 is 2.65 bits per heavy atom. The van der Waals surface area contributed by atoms with E-state index in [0.717, 1.165) is 19.3 Å². The van der Waals surface area contributed by atoms with Crippen molar-refractivity contribution >= 4 is 12.0 Å². The lowest BCUT2D eigenvalue weighted by atomic mass is 9.88. The zero-order valence-electron chi connectivity index (χ0n) is 15.5. The summed E-state index contributed by atoms with van der Waals surface area (Å²) in [5.74, 6) is -0.0763. The van der Waals surface area contributed by atoms with Gasteiger partial charge in [-0.2, -0.15) is 0 Å². The molecule has 2 amide bonds. The predicted octanol–water partition coefficient (Wildman–Crippen LogP) is 2.92. The van der Waals surface area contributed by atoms with E-state index in [1.54, 1.807) is 25.3 Å². The minimum Gasteiger partial charge on any atom is -0.497 e. The summed E-state index contributed by atoms with van der Waals surface area (Å²) in [5.41, 5.74) is 0.919. The van der Waals surface area contributed by atoms with Crippen molar-refractivity contribution in [2.75, 3.05) is 20.8 Å². The average molecular weight is 362 g/mol. The topological polar surface area (TPSA) is 85.9 Å². The highest BCUT2D eigenvalue weighted by Gasteiger charge is 2.40. The molecule has 0 spiro atoms. The van der Waals surface area contributed by atoms with Gasteiger partial charge in [-0.05, 0) is 24.6 Å². The van der Waals surface area contributed by atoms with Gasteiger partial charge in [0.05, 0.1) is 26.9 Å². The van der Waals surface area contributed by atoms with Crippen LogP contribution in [0, 0.1) is 5.92 Å². The van der Waals surface area contributed by atoms with E-state index in [2.05, 4.69) is 24.1 Å². The Morgan fingerprint density at radius 1 is 1.23 bits per heavy atom. The molecule has 7 nitrogen and oxygen atoms in total. The fourth-order valence-corrected chi connectivity index (χ4v) is 2.92. The van der Waals surface area contributed by atoms with Gasteiger partial charge in [0.2, 0.25) is 0 Å². The quantitative estimate of drug-likeness (QED) is 0.549. The van der Waals surface area contributed by atoms with Gasteiger partial charge in [-0.1, -0.05) is 26.3 Å². The number of rotatable bonds is 8. The van der Waals surface area contributed by atoms with E-state index in [4.69, 9.17) is 14.2 Å². The summed E-state index contributed by atoms with van der Waals surface area (Å²) in [4.78, 5) is 24.6. The van der Waals surface area contributed by atoms with Gasteiger partial charge in [0.15, 0.2) is 0 Å². The first-order valence-corrected chi connectivity index (χ1v) is 8.66. The lowest BCUT2D eigenvalue weighted by Crippen LogP contribution is -2.51. The number of methoxy groups -OCH3 is 2. The van der Waals surface area contributed by atoms with E-state index >= 15 is 0 Å². The summed E-state index contributed by atoms with van der Waals surface area (Å²) >= 11 is 0. The number of unbranched alkanes of at least 4 members (excludes halogenated alkanes) is 2. The second-order valence-corrected chi connectivity index (χ2v) is 6.06. The van der Waals surface area contributed by atoms with E-state index in [1.165, 1.54) is 7.11 Å². The minimum absolute atomic E-state index is 0.295. The highest BCUT2D eigenvalue weighted by Crippen LogP contribution is 2.37. The van der Waals surface area contributed by atoms with Gasteiger partial charge in [-0.3, -0.25) is 4.79 Å². The van der Waals surface area contributed by atoms with Crippen molar-refractivity contribution in [2.45, 2.75) is 32.2 Å². The average Bonchev–Trinajstić information content (AvgIpc) is 2.63. The smallest absolute Gasteiger partial charge is 0.319 e. The molecule has 0 bridgehead atoms. The third kappa shape index (κ3) is 4.47. The molecule has 1 heterocycles. The standard InChI is InChI=1S/C19H26N2O5/c1-5-6-7-10-26-18(22)16-12(2)20-19(23)21-17(16)14-11-13(24-3)8-9-15(14)25-4/h8-9,11,16-17H,2,5-7,10H2,1,3-4H3,(H2,20,21,23)/t16-,17+/m0/s1. The van der Waals surface area contributed by atoms with Gasteiger partial charge in [-0.25, -0.2) is 4.79 Å². The Kier molecular flexibility index (Phi) is 6.89. The summed E-state index contributed by atoms with van der Waals surface area (Å²) in [6.45, 7) is 6.26. The van der Waals surface area contributed by atoms with Crippen LogP contribution in [0.25, 0.3) is 0 Å². The maximum Gasteiger partial charge on any atom is 0.319 e. The number of amides is 2. The second kappa shape index (κ2) is 9.12. The van der Waals surface area contributed by atoms with Crippen LogP contribution >= 0.6 is 0 Å². The van der Waals surface area contributed by atoms with Crippen molar-refractivity contribution in [1.82, 2.24) is 10.6 Å². The van der Waals surface area contributed by atoms with Crippen molar-refractivity contribution in [1.29, 1.82) is 0 Å². The van der Waals surface area contributed by atoms with Crippen LogP contribution in [0.1, 0.15) is 37.8 Å². The number of nitrogens with one attached hydrogen (secondary N) is 2. The summed E-state index contributed by atoms with van der Waals surface area (Å²) in [5, 5.41) is 5.33. The van der Waals surface area contributed by atoms with Crippen LogP contribution in [-0.4, -0.2) is 32.8 Å². The van der Waals surface area contributed by atoms with Crippen molar-refractivity contribution in [3.05, 3.63) is 36.0 Å². The number of hydrogen-bond acceptors (Lipinski definition) is 5. The van der Waals surface area contributed by atoms with E-state index in [0.29, 0.717) is 29.4 Å². The maximum absolute atomic E-state index is 12.7. The van der Waals surface area contributed by atoms with Crippen LogP contribution in [0.5, 0.6) is 11.5 Å². The zero-order chi connectivity index (χ0) is 19.1. The van der Waals surface area contributed by atoms with Gasteiger partial charge >= 0.3 is 12.0 Å². The highest BCUT2D eigenvalue weighted by molar-refractivity contribution is 5.85. The summed E-state index contributed by atoms with van der Waals surface area (Å²) in [6.07, 6.45) is 2.82. The van der Waals surface area contributed by atoms with Crippen LogP contribution in [0.3, 0.4) is 0 Å². The molecule has 1 saturated heterocycles. The SMILES string of the molecule is C=C1NC(=O)N[C@H](c2cc(OC)ccc2OC)[C@H]1C(=O)OCCCCC. The second-order valence-electron chi connectivity index (χ2n) is 6.06. The highest BCUT2D eigenvalue weighted by atomic mass is 16.5. The van der Waals surface area contributed by atoms with Crippen LogP contribution in [0.4, 0.5) is 4.79 Å². The fraction of sp³-hybridized carbons (Fsp3) is 0.474. The molecule has 2 N–H and O–H groups in total. The largest absolute Gasteiger partial charge is 0.497 e. The Labute approximate surface area is 153 Å². The molecule has 1 aromatic carbocycles. The van der Waals surface area contributed by atoms with E-state index in [-0.39, 0.29) is 0 Å². The third-order valence-electron chi connectivity index (χ3n) is 4.29. The molecule has 2 atom stereocenters. The van der Waals surface area contributed by atoms with Gasteiger partial charge in [0.25, 0.3) is 0 Å². The lowest BCUT2D eigenvalue weighted by molar-refractivity contribution is -0.148. The third-order valence-corrected chi connectivity index (χ3v) is 4.29. The normalized spacial score (nSPS) is 19.3. The molecule has 1 aliphatic rings. The fourth-order valence-electron chi connectivity index (χ4n) is 2.92. The van der Waals surface area contributed by atoms with E-state index < -0.39 is 24.0 Å². The zero-order valence-corrected chi connectivity index (χ0v) is 15.5. The number of carbonyl (C=O) groups is 2. The Bertz CT molecular complexity index is 674. The molecular weight excluding hydrogens is 336 g/mol. The number of urea groups is 1. The molecule has 0 aliphatic carbocycles. The summed E-state index contributed by atoms with van der Waals surface area (Å²) < 4.78 is 16.1. The molecule has 0 saturated carbocycles. The molecule has 1 fully saturated rings. The van der Waals surface area contributed by atoms with E-state index in [1.807, 2.05) is 0 Å². The van der Waals surface area contributed by atoms with Crippen molar-refractivity contribution < 1.29 is 23.8 Å². The lowest BCUT2D eigenvalue weighted by Gasteiger charge is -2.34. The monoisotopic (exact) mass is 362 g/mol. The van der Waals surface area contributed by atoms with Gasteiger partial charge < -0.3 is 24.8 Å². The number of ether oxygens (including phenoxy) is 3. The first kappa shape index (κ1) is 19.6. The van der Waals surface area contributed by atoms with Crippen LogP contribution in [-0.2, 0) is 9.53 Å².